The van der Waals surface area contributed by atoms with Gasteiger partial charge in [-0.25, -0.2) is 0 Å². The van der Waals surface area contributed by atoms with Gasteiger partial charge in [-0.3, -0.25) is 0 Å². The average molecular weight is 314 g/mol. The third-order valence-electron chi connectivity index (χ3n) is 2.77. The summed E-state index contributed by atoms with van der Waals surface area (Å²) >= 11 is 3.46. The Hall–Kier alpha value is -0.540. The minimum absolute atomic E-state index is 0.590. The summed E-state index contributed by atoms with van der Waals surface area (Å²) < 4.78 is 6.88. The van der Waals surface area contributed by atoms with E-state index in [9.17, 15) is 0 Å². The van der Waals surface area contributed by atoms with Gasteiger partial charge in [-0.05, 0) is 56.5 Å². The Morgan fingerprint density at radius 1 is 1.22 bits per heavy atom. The molecule has 1 N–H and O–H groups in total. The second-order valence-corrected chi connectivity index (χ2v) is 5.84. The summed E-state index contributed by atoms with van der Waals surface area (Å²) in [6.45, 7) is 8.35. The van der Waals surface area contributed by atoms with Crippen molar-refractivity contribution < 1.29 is 4.74 Å². The molecule has 0 fully saturated rings. The predicted octanol–water partition coefficient (Wildman–Crippen LogP) is 4.30. The van der Waals surface area contributed by atoms with Crippen molar-refractivity contribution in [3.05, 3.63) is 28.2 Å². The molecule has 3 heteroatoms. The molecule has 0 radical (unpaired) electrons. The number of hydrogen-bond acceptors (Lipinski definition) is 2. The monoisotopic (exact) mass is 313 g/mol. The van der Waals surface area contributed by atoms with Crippen LogP contribution in [0.1, 0.15) is 38.7 Å². The Morgan fingerprint density at radius 3 is 2.67 bits per heavy atom. The van der Waals surface area contributed by atoms with Gasteiger partial charge < -0.3 is 10.1 Å². The molecule has 18 heavy (non-hydrogen) atoms. The SMILES string of the molecule is Cc1cc(Br)ccc1OCCCCCNC(C)C. The van der Waals surface area contributed by atoms with E-state index in [0.29, 0.717) is 6.04 Å². The first-order chi connectivity index (χ1) is 8.59. The number of rotatable bonds is 8. The van der Waals surface area contributed by atoms with Crippen molar-refractivity contribution in [2.75, 3.05) is 13.2 Å². The first-order valence-corrected chi connectivity index (χ1v) is 7.51. The van der Waals surface area contributed by atoms with Crippen LogP contribution in [0.4, 0.5) is 0 Å². The Kier molecular flexibility index (Phi) is 7.36. The fourth-order valence-corrected chi connectivity index (χ4v) is 2.23. The van der Waals surface area contributed by atoms with E-state index in [-0.39, 0.29) is 0 Å². The number of nitrogens with one attached hydrogen (secondary N) is 1. The molecule has 0 aromatic heterocycles. The summed E-state index contributed by atoms with van der Waals surface area (Å²) in [5, 5.41) is 3.42. The minimum atomic E-state index is 0.590. The van der Waals surface area contributed by atoms with E-state index in [1.165, 1.54) is 18.4 Å². The first kappa shape index (κ1) is 15.5. The van der Waals surface area contributed by atoms with Crippen LogP contribution >= 0.6 is 15.9 Å². The highest BCUT2D eigenvalue weighted by atomic mass is 79.9. The van der Waals surface area contributed by atoms with Gasteiger partial charge in [0.25, 0.3) is 0 Å². The molecule has 0 unspecified atom stereocenters. The third kappa shape index (κ3) is 6.41. The van der Waals surface area contributed by atoms with Gasteiger partial charge in [0.1, 0.15) is 5.75 Å². The van der Waals surface area contributed by atoms with Crippen LogP contribution in [0.15, 0.2) is 22.7 Å². The van der Waals surface area contributed by atoms with Gasteiger partial charge in [0.2, 0.25) is 0 Å². The molecule has 0 amide bonds. The largest absolute Gasteiger partial charge is 0.493 e. The molecule has 0 heterocycles. The first-order valence-electron chi connectivity index (χ1n) is 6.72. The average Bonchev–Trinajstić information content (AvgIpc) is 2.30. The lowest BCUT2D eigenvalue weighted by Crippen LogP contribution is -2.23. The van der Waals surface area contributed by atoms with E-state index in [2.05, 4.69) is 48.1 Å². The van der Waals surface area contributed by atoms with Crippen LogP contribution in [-0.4, -0.2) is 19.2 Å². The van der Waals surface area contributed by atoms with E-state index in [1.807, 2.05) is 12.1 Å². The molecule has 102 valence electrons. The van der Waals surface area contributed by atoms with Crippen molar-refractivity contribution in [1.29, 1.82) is 0 Å². The summed E-state index contributed by atoms with van der Waals surface area (Å²) in [5.74, 6) is 0.999. The molecule has 0 spiro atoms. The number of halogens is 1. The maximum Gasteiger partial charge on any atom is 0.122 e. The van der Waals surface area contributed by atoms with Crippen molar-refractivity contribution >= 4 is 15.9 Å². The zero-order chi connectivity index (χ0) is 13.4. The molecule has 0 aliphatic carbocycles. The number of unbranched alkanes of at least 4 members (excludes halogenated alkanes) is 2. The van der Waals surface area contributed by atoms with Crippen LogP contribution < -0.4 is 10.1 Å². The molecule has 0 aliphatic heterocycles. The molecule has 0 aliphatic rings. The molecule has 1 rings (SSSR count). The zero-order valence-electron chi connectivity index (χ0n) is 11.6. The molecule has 2 nitrogen and oxygen atoms in total. The maximum atomic E-state index is 5.78. The van der Waals surface area contributed by atoms with E-state index >= 15 is 0 Å². The predicted molar refractivity (Wildman–Crippen MR) is 81.4 cm³/mol. The summed E-state index contributed by atoms with van der Waals surface area (Å²) in [4.78, 5) is 0. The van der Waals surface area contributed by atoms with Crippen LogP contribution in [0.5, 0.6) is 5.75 Å². The van der Waals surface area contributed by atoms with Gasteiger partial charge in [0, 0.05) is 10.5 Å². The van der Waals surface area contributed by atoms with Crippen molar-refractivity contribution in [3.63, 3.8) is 0 Å². The summed E-state index contributed by atoms with van der Waals surface area (Å²) in [6.07, 6.45) is 3.56. The Balaban J connectivity index is 2.11. The van der Waals surface area contributed by atoms with E-state index < -0.39 is 0 Å². The van der Waals surface area contributed by atoms with Gasteiger partial charge in [-0.2, -0.15) is 0 Å². The van der Waals surface area contributed by atoms with Crippen LogP contribution in [0.2, 0.25) is 0 Å². The lowest BCUT2D eigenvalue weighted by Gasteiger charge is -2.10. The number of benzene rings is 1. The van der Waals surface area contributed by atoms with Gasteiger partial charge in [0.15, 0.2) is 0 Å². The minimum Gasteiger partial charge on any atom is -0.493 e. The zero-order valence-corrected chi connectivity index (χ0v) is 13.2. The number of hydrogen-bond donors (Lipinski definition) is 1. The van der Waals surface area contributed by atoms with Crippen molar-refractivity contribution in [2.45, 2.75) is 46.1 Å². The topological polar surface area (TPSA) is 21.3 Å². The fourth-order valence-electron chi connectivity index (χ4n) is 1.75. The molecule has 0 saturated heterocycles. The lowest BCUT2D eigenvalue weighted by molar-refractivity contribution is 0.302. The quantitative estimate of drug-likeness (QED) is 0.722. The summed E-state index contributed by atoms with van der Waals surface area (Å²) in [6, 6.07) is 6.72. The third-order valence-corrected chi connectivity index (χ3v) is 3.26. The van der Waals surface area contributed by atoms with Crippen molar-refractivity contribution in [3.8, 4) is 5.75 Å². The van der Waals surface area contributed by atoms with Crippen LogP contribution in [0.3, 0.4) is 0 Å². The second-order valence-electron chi connectivity index (χ2n) is 4.93. The molecule has 0 saturated carbocycles. The Labute approximate surface area is 119 Å². The Bertz CT molecular complexity index is 352. The van der Waals surface area contributed by atoms with E-state index in [0.717, 1.165) is 29.8 Å². The van der Waals surface area contributed by atoms with Gasteiger partial charge in [-0.1, -0.05) is 29.8 Å². The van der Waals surface area contributed by atoms with Crippen LogP contribution in [-0.2, 0) is 0 Å². The smallest absolute Gasteiger partial charge is 0.122 e. The molecule has 1 aromatic rings. The summed E-state index contributed by atoms with van der Waals surface area (Å²) in [7, 11) is 0. The van der Waals surface area contributed by atoms with Gasteiger partial charge in [-0.15, -0.1) is 0 Å². The van der Waals surface area contributed by atoms with Crippen LogP contribution in [0, 0.1) is 6.92 Å². The highest BCUT2D eigenvalue weighted by molar-refractivity contribution is 9.10. The lowest BCUT2D eigenvalue weighted by atomic mass is 10.2. The second kappa shape index (κ2) is 8.54. The maximum absolute atomic E-state index is 5.78. The number of ether oxygens (including phenoxy) is 1. The molecule has 1 aromatic carbocycles. The fraction of sp³-hybridized carbons (Fsp3) is 0.600. The van der Waals surface area contributed by atoms with E-state index in [1.54, 1.807) is 0 Å². The molecular formula is C15H24BrNO. The Morgan fingerprint density at radius 2 is 2.00 bits per heavy atom. The molecule has 0 bridgehead atoms. The molecular weight excluding hydrogens is 290 g/mol. The van der Waals surface area contributed by atoms with Gasteiger partial charge in [0.05, 0.1) is 6.61 Å². The molecule has 0 atom stereocenters. The van der Waals surface area contributed by atoms with Crippen LogP contribution in [0.25, 0.3) is 0 Å². The summed E-state index contributed by atoms with van der Waals surface area (Å²) in [5.41, 5.74) is 1.19. The standard InChI is InChI=1S/C15H24BrNO/c1-12(2)17-9-5-4-6-10-18-15-8-7-14(16)11-13(15)3/h7-8,11-12,17H,4-6,9-10H2,1-3H3. The normalized spacial score (nSPS) is 10.9. The van der Waals surface area contributed by atoms with Gasteiger partial charge >= 0.3 is 0 Å². The van der Waals surface area contributed by atoms with Crippen molar-refractivity contribution in [2.24, 2.45) is 0 Å². The highest BCUT2D eigenvalue weighted by Crippen LogP contribution is 2.22. The van der Waals surface area contributed by atoms with Crippen molar-refractivity contribution in [1.82, 2.24) is 5.32 Å². The number of aryl methyl sites for hydroxylation is 1. The van der Waals surface area contributed by atoms with E-state index in [4.69, 9.17) is 4.74 Å². The highest BCUT2D eigenvalue weighted by Gasteiger charge is 2.00.